The van der Waals surface area contributed by atoms with E-state index >= 15 is 0 Å². The van der Waals surface area contributed by atoms with E-state index in [0.717, 1.165) is 19.5 Å². The molecule has 1 aromatic rings. The number of amides is 2. The van der Waals surface area contributed by atoms with Crippen molar-refractivity contribution in [1.29, 1.82) is 0 Å². The minimum absolute atomic E-state index is 0. The molecule has 1 fully saturated rings. The second-order valence-corrected chi connectivity index (χ2v) is 6.48. The standard InChI is InChI=1S/C17H25N3O2.ClH/c1-11-8-12(2)10-20(9-11)17(22)14-6-4-5-7-15(14)19-16(21)13(3)18;/h4-7,11-13H,8-10,18H2,1-3H3,(H,19,21);1H/t11?,12?,13-;/m0./s1. The van der Waals surface area contributed by atoms with Crippen LogP contribution in [0.1, 0.15) is 37.6 Å². The number of carbonyl (C=O) groups excluding carboxylic acids is 2. The number of piperidine rings is 1. The Morgan fingerprint density at radius 1 is 1.22 bits per heavy atom. The third-order valence-electron chi connectivity index (χ3n) is 3.98. The van der Waals surface area contributed by atoms with Crippen molar-refractivity contribution in [3.63, 3.8) is 0 Å². The number of rotatable bonds is 3. The third-order valence-corrected chi connectivity index (χ3v) is 3.98. The van der Waals surface area contributed by atoms with Gasteiger partial charge in [-0.25, -0.2) is 0 Å². The summed E-state index contributed by atoms with van der Waals surface area (Å²) in [7, 11) is 0. The largest absolute Gasteiger partial charge is 0.338 e. The fraction of sp³-hybridized carbons (Fsp3) is 0.529. The zero-order valence-corrected chi connectivity index (χ0v) is 14.7. The fourth-order valence-electron chi connectivity index (χ4n) is 3.02. The monoisotopic (exact) mass is 339 g/mol. The number of nitrogens with zero attached hydrogens (tertiary/aromatic N) is 1. The molecule has 2 rings (SSSR count). The number of carbonyl (C=O) groups is 2. The lowest BCUT2D eigenvalue weighted by atomic mass is 9.91. The Morgan fingerprint density at radius 2 is 1.78 bits per heavy atom. The smallest absolute Gasteiger partial charge is 0.255 e. The lowest BCUT2D eigenvalue weighted by Crippen LogP contribution is -2.43. The first-order valence-electron chi connectivity index (χ1n) is 7.83. The first kappa shape index (κ1) is 19.5. The van der Waals surface area contributed by atoms with Crippen LogP contribution < -0.4 is 11.1 Å². The van der Waals surface area contributed by atoms with Gasteiger partial charge < -0.3 is 16.0 Å². The van der Waals surface area contributed by atoms with Gasteiger partial charge in [-0.15, -0.1) is 12.4 Å². The molecule has 5 nitrogen and oxygen atoms in total. The van der Waals surface area contributed by atoms with Crippen LogP contribution in [0.25, 0.3) is 0 Å². The Bertz CT molecular complexity index is 553. The lowest BCUT2D eigenvalue weighted by molar-refractivity contribution is -0.117. The number of benzene rings is 1. The van der Waals surface area contributed by atoms with Gasteiger partial charge in [0.25, 0.3) is 5.91 Å². The summed E-state index contributed by atoms with van der Waals surface area (Å²) in [5, 5.41) is 2.74. The highest BCUT2D eigenvalue weighted by Gasteiger charge is 2.27. The maximum Gasteiger partial charge on any atom is 0.255 e. The lowest BCUT2D eigenvalue weighted by Gasteiger charge is -2.35. The highest BCUT2D eigenvalue weighted by molar-refractivity contribution is 6.04. The van der Waals surface area contributed by atoms with E-state index in [-0.39, 0.29) is 24.2 Å². The van der Waals surface area contributed by atoms with Gasteiger partial charge in [0.1, 0.15) is 0 Å². The molecule has 1 heterocycles. The molecule has 2 amide bonds. The van der Waals surface area contributed by atoms with Crippen LogP contribution in [0.4, 0.5) is 5.69 Å². The topological polar surface area (TPSA) is 75.4 Å². The Morgan fingerprint density at radius 3 is 2.35 bits per heavy atom. The molecular formula is C17H26ClN3O2. The van der Waals surface area contributed by atoms with Crippen LogP contribution >= 0.6 is 12.4 Å². The number of halogens is 1. The fourth-order valence-corrected chi connectivity index (χ4v) is 3.02. The van der Waals surface area contributed by atoms with Gasteiger partial charge >= 0.3 is 0 Å². The zero-order valence-electron chi connectivity index (χ0n) is 13.9. The number of likely N-dealkylation sites (tertiary alicyclic amines) is 1. The first-order valence-corrected chi connectivity index (χ1v) is 7.83. The molecule has 0 bridgehead atoms. The van der Waals surface area contributed by atoms with Crippen LogP contribution in [0.5, 0.6) is 0 Å². The molecule has 3 N–H and O–H groups in total. The van der Waals surface area contributed by atoms with Crippen molar-refractivity contribution in [2.75, 3.05) is 18.4 Å². The number of para-hydroxylation sites is 1. The summed E-state index contributed by atoms with van der Waals surface area (Å²) >= 11 is 0. The van der Waals surface area contributed by atoms with Gasteiger partial charge in [0.15, 0.2) is 0 Å². The summed E-state index contributed by atoms with van der Waals surface area (Å²) in [6, 6.07) is 6.49. The molecule has 0 aromatic heterocycles. The van der Waals surface area contributed by atoms with Crippen molar-refractivity contribution in [3.05, 3.63) is 29.8 Å². The van der Waals surface area contributed by atoms with Gasteiger partial charge in [-0.1, -0.05) is 26.0 Å². The molecule has 2 unspecified atom stereocenters. The van der Waals surface area contributed by atoms with E-state index in [4.69, 9.17) is 5.73 Å². The van der Waals surface area contributed by atoms with E-state index in [9.17, 15) is 9.59 Å². The van der Waals surface area contributed by atoms with E-state index in [0.29, 0.717) is 23.1 Å². The second kappa shape index (κ2) is 8.31. The SMILES string of the molecule is CC1CC(C)CN(C(=O)c2ccccc2NC(=O)[C@H](C)N)C1.Cl. The minimum atomic E-state index is -0.613. The average molecular weight is 340 g/mol. The van der Waals surface area contributed by atoms with Crippen LogP contribution in [0.15, 0.2) is 24.3 Å². The van der Waals surface area contributed by atoms with Crippen molar-refractivity contribution < 1.29 is 9.59 Å². The van der Waals surface area contributed by atoms with E-state index in [1.54, 1.807) is 25.1 Å². The van der Waals surface area contributed by atoms with E-state index in [1.165, 1.54) is 0 Å². The molecule has 3 atom stereocenters. The molecule has 0 radical (unpaired) electrons. The quantitative estimate of drug-likeness (QED) is 0.888. The molecule has 1 aromatic carbocycles. The molecule has 6 heteroatoms. The van der Waals surface area contributed by atoms with Gasteiger partial charge in [-0.3, -0.25) is 9.59 Å². The number of anilines is 1. The third kappa shape index (κ3) is 4.94. The van der Waals surface area contributed by atoms with Crippen LogP contribution in [-0.4, -0.2) is 35.8 Å². The van der Waals surface area contributed by atoms with E-state index in [1.807, 2.05) is 11.0 Å². The Labute approximate surface area is 144 Å². The van der Waals surface area contributed by atoms with Crippen LogP contribution in [0.2, 0.25) is 0 Å². The maximum absolute atomic E-state index is 12.8. The first-order chi connectivity index (χ1) is 10.4. The second-order valence-electron chi connectivity index (χ2n) is 6.48. The van der Waals surface area contributed by atoms with Gasteiger partial charge in [-0.05, 0) is 37.3 Å². The summed E-state index contributed by atoms with van der Waals surface area (Å²) in [4.78, 5) is 26.5. The number of hydrogen-bond acceptors (Lipinski definition) is 3. The highest BCUT2D eigenvalue weighted by atomic mass is 35.5. The van der Waals surface area contributed by atoms with Crippen LogP contribution in [-0.2, 0) is 4.79 Å². The van der Waals surface area contributed by atoms with Crippen molar-refractivity contribution in [3.8, 4) is 0 Å². The van der Waals surface area contributed by atoms with E-state index in [2.05, 4.69) is 19.2 Å². The Hall–Kier alpha value is -1.59. The zero-order chi connectivity index (χ0) is 16.3. The maximum atomic E-state index is 12.8. The number of hydrogen-bond donors (Lipinski definition) is 2. The van der Waals surface area contributed by atoms with Gasteiger partial charge in [0.2, 0.25) is 5.91 Å². The molecule has 0 saturated carbocycles. The van der Waals surface area contributed by atoms with E-state index < -0.39 is 6.04 Å². The summed E-state index contributed by atoms with van der Waals surface area (Å²) in [5.74, 6) is 0.677. The molecule has 23 heavy (non-hydrogen) atoms. The Kier molecular flexibility index (Phi) is 7.03. The molecule has 0 aliphatic carbocycles. The van der Waals surface area contributed by atoms with Gasteiger partial charge in [-0.2, -0.15) is 0 Å². The average Bonchev–Trinajstić information content (AvgIpc) is 2.46. The molecule has 1 saturated heterocycles. The van der Waals surface area contributed by atoms with Gasteiger partial charge in [0, 0.05) is 13.1 Å². The molecule has 1 aliphatic heterocycles. The summed E-state index contributed by atoms with van der Waals surface area (Å²) in [5.41, 5.74) is 6.64. The summed E-state index contributed by atoms with van der Waals surface area (Å²) < 4.78 is 0. The predicted molar refractivity (Wildman–Crippen MR) is 94.8 cm³/mol. The minimum Gasteiger partial charge on any atom is -0.338 e. The molecule has 0 spiro atoms. The van der Waals surface area contributed by atoms with Crippen LogP contribution in [0.3, 0.4) is 0 Å². The number of nitrogens with one attached hydrogen (secondary N) is 1. The van der Waals surface area contributed by atoms with Crippen molar-refractivity contribution in [2.45, 2.75) is 33.2 Å². The normalized spacial score (nSPS) is 22.0. The highest BCUT2D eigenvalue weighted by Crippen LogP contribution is 2.25. The summed E-state index contributed by atoms with van der Waals surface area (Å²) in [6.07, 6.45) is 1.15. The van der Waals surface area contributed by atoms with Crippen molar-refractivity contribution in [2.24, 2.45) is 17.6 Å². The summed E-state index contributed by atoms with van der Waals surface area (Å²) in [6.45, 7) is 7.48. The van der Waals surface area contributed by atoms with Crippen molar-refractivity contribution in [1.82, 2.24) is 4.90 Å². The Balaban J connectivity index is 0.00000264. The van der Waals surface area contributed by atoms with Crippen molar-refractivity contribution >= 4 is 29.9 Å². The number of nitrogens with two attached hydrogens (primary N) is 1. The molecule has 128 valence electrons. The molecule has 1 aliphatic rings. The van der Waals surface area contributed by atoms with Gasteiger partial charge in [0.05, 0.1) is 17.3 Å². The molecular weight excluding hydrogens is 314 g/mol. The predicted octanol–water partition coefficient (Wildman–Crippen LogP) is 2.51. The van der Waals surface area contributed by atoms with Crippen LogP contribution in [0, 0.1) is 11.8 Å².